The lowest BCUT2D eigenvalue weighted by Gasteiger charge is -2.30. The molecule has 1 aromatic heterocycles. The number of hydrogen-bond donors (Lipinski definition) is 0. The minimum atomic E-state index is -4.64. The maximum Gasteiger partial charge on any atom is 0.416 e. The number of nitrogens with one attached hydrogen (secondary N) is 1. The summed E-state index contributed by atoms with van der Waals surface area (Å²) < 4.78 is 65.4. The third kappa shape index (κ3) is 3.79. The summed E-state index contributed by atoms with van der Waals surface area (Å²) in [7, 11) is -4.12. The van der Waals surface area contributed by atoms with Crippen molar-refractivity contribution < 1.29 is 26.6 Å². The summed E-state index contributed by atoms with van der Waals surface area (Å²) in [5.74, 6) is 0.849. The molecule has 0 radical (unpaired) electrons. The number of hydrogen-bond acceptors (Lipinski definition) is 3. The first-order valence-electron chi connectivity index (χ1n) is 7.78. The topological polar surface area (TPSA) is 54.8 Å². The first-order chi connectivity index (χ1) is 12.2. The van der Waals surface area contributed by atoms with Gasteiger partial charge in [0.1, 0.15) is 4.90 Å². The summed E-state index contributed by atoms with van der Waals surface area (Å²) in [5, 5.41) is -0.225. The van der Waals surface area contributed by atoms with Crippen LogP contribution < -0.4 is 9.88 Å². The number of sulfonamides is 1. The van der Waals surface area contributed by atoms with Crippen molar-refractivity contribution in [2.45, 2.75) is 11.1 Å². The molecule has 26 heavy (non-hydrogen) atoms. The van der Waals surface area contributed by atoms with Gasteiger partial charge in [-0.1, -0.05) is 17.7 Å². The summed E-state index contributed by atoms with van der Waals surface area (Å²) in [5.41, 5.74) is -1.04. The zero-order valence-corrected chi connectivity index (χ0v) is 15.1. The van der Waals surface area contributed by atoms with Crippen molar-refractivity contribution in [3.05, 3.63) is 53.2 Å². The normalized spacial score (nSPS) is 16.7. The number of piperazine rings is 1. The molecule has 1 saturated heterocycles. The van der Waals surface area contributed by atoms with Gasteiger partial charge in [0.25, 0.3) is 5.82 Å². The number of pyridine rings is 1. The van der Waals surface area contributed by atoms with E-state index in [-0.39, 0.29) is 18.1 Å². The number of H-pyrrole nitrogens is 1. The second-order valence-electron chi connectivity index (χ2n) is 5.78. The molecule has 1 N–H and O–H groups in total. The highest BCUT2D eigenvalue weighted by Gasteiger charge is 2.36. The van der Waals surface area contributed by atoms with Crippen molar-refractivity contribution in [3.8, 4) is 0 Å². The lowest BCUT2D eigenvalue weighted by atomic mass is 10.2. The van der Waals surface area contributed by atoms with E-state index < -0.39 is 26.7 Å². The highest BCUT2D eigenvalue weighted by atomic mass is 35.5. The molecule has 1 aliphatic heterocycles. The fraction of sp³-hybridized carbons (Fsp3) is 0.312. The van der Waals surface area contributed by atoms with Crippen LogP contribution >= 0.6 is 11.6 Å². The van der Waals surface area contributed by atoms with Crippen LogP contribution in [0.25, 0.3) is 0 Å². The van der Waals surface area contributed by atoms with Gasteiger partial charge in [0.15, 0.2) is 0 Å². The zero-order chi connectivity index (χ0) is 18.9. The smallest absolute Gasteiger partial charge is 0.259 e. The van der Waals surface area contributed by atoms with E-state index in [2.05, 4.69) is 4.98 Å². The predicted octanol–water partition coefficient (Wildman–Crippen LogP) is 2.68. The average molecular weight is 407 g/mol. The van der Waals surface area contributed by atoms with Crippen molar-refractivity contribution in [2.24, 2.45) is 0 Å². The van der Waals surface area contributed by atoms with Crippen molar-refractivity contribution in [1.82, 2.24) is 4.31 Å². The molecule has 0 unspecified atom stereocenters. The second kappa shape index (κ2) is 7.05. The molecule has 0 spiro atoms. The molecule has 1 aliphatic rings. The number of alkyl halides is 3. The van der Waals surface area contributed by atoms with E-state index in [1.807, 2.05) is 23.1 Å². The highest BCUT2D eigenvalue weighted by molar-refractivity contribution is 7.89. The van der Waals surface area contributed by atoms with Gasteiger partial charge in [-0.15, -0.1) is 0 Å². The second-order valence-corrected chi connectivity index (χ2v) is 8.10. The SMILES string of the molecule is O=S(=O)(c1cc(C(F)(F)F)ccc1Cl)N1CCN(c2cccc[nH+]2)CC1. The van der Waals surface area contributed by atoms with Gasteiger partial charge in [-0.25, -0.2) is 13.4 Å². The summed E-state index contributed by atoms with van der Waals surface area (Å²) in [6.07, 6.45) is -2.88. The van der Waals surface area contributed by atoms with Crippen LogP contribution in [0.4, 0.5) is 19.0 Å². The molecule has 140 valence electrons. The fourth-order valence-electron chi connectivity index (χ4n) is 2.77. The van der Waals surface area contributed by atoms with Crippen LogP contribution in [0.15, 0.2) is 47.5 Å². The van der Waals surface area contributed by atoms with E-state index in [0.717, 1.165) is 22.3 Å². The molecule has 0 amide bonds. The van der Waals surface area contributed by atoms with Crippen LogP contribution in [0.1, 0.15) is 5.56 Å². The Kier molecular flexibility index (Phi) is 5.14. The summed E-state index contributed by atoms with van der Waals surface area (Å²) in [4.78, 5) is 4.52. The number of aromatic nitrogens is 1. The number of anilines is 1. The van der Waals surface area contributed by atoms with Crippen LogP contribution in [0.2, 0.25) is 5.02 Å². The average Bonchev–Trinajstić information content (AvgIpc) is 2.62. The Morgan fingerprint density at radius 2 is 1.73 bits per heavy atom. The van der Waals surface area contributed by atoms with Crippen molar-refractivity contribution in [2.75, 3.05) is 31.1 Å². The Labute approximate surface area is 154 Å². The molecule has 0 aliphatic carbocycles. The van der Waals surface area contributed by atoms with Gasteiger partial charge in [0.2, 0.25) is 10.0 Å². The molecule has 0 bridgehead atoms. The molecular weight excluding hydrogens is 391 g/mol. The minimum absolute atomic E-state index is 0.150. The Morgan fingerprint density at radius 3 is 2.31 bits per heavy atom. The van der Waals surface area contributed by atoms with E-state index in [1.165, 1.54) is 0 Å². The summed E-state index contributed by atoms with van der Waals surface area (Å²) in [6, 6.07) is 7.89. The van der Waals surface area contributed by atoms with Gasteiger partial charge >= 0.3 is 6.18 Å². The molecule has 10 heteroatoms. The van der Waals surface area contributed by atoms with Gasteiger partial charge in [-0.05, 0) is 24.3 Å². The van der Waals surface area contributed by atoms with Crippen LogP contribution in [0.3, 0.4) is 0 Å². The maximum absolute atomic E-state index is 12.9. The Balaban J connectivity index is 1.82. The van der Waals surface area contributed by atoms with Gasteiger partial charge in [-0.3, -0.25) is 4.90 Å². The monoisotopic (exact) mass is 406 g/mol. The third-order valence-corrected chi connectivity index (χ3v) is 6.53. The molecular formula is C16H16ClF3N3O2S+. The van der Waals surface area contributed by atoms with E-state index in [1.54, 1.807) is 6.20 Å². The van der Waals surface area contributed by atoms with E-state index in [0.29, 0.717) is 19.2 Å². The Hall–Kier alpha value is -1.84. The number of halogens is 4. The molecule has 1 aromatic carbocycles. The van der Waals surface area contributed by atoms with Crippen LogP contribution in [-0.2, 0) is 16.2 Å². The van der Waals surface area contributed by atoms with Crippen LogP contribution in [0.5, 0.6) is 0 Å². The fourth-order valence-corrected chi connectivity index (χ4v) is 4.69. The van der Waals surface area contributed by atoms with Gasteiger partial charge in [0, 0.05) is 6.07 Å². The number of aromatic amines is 1. The van der Waals surface area contributed by atoms with Crippen molar-refractivity contribution in [3.63, 3.8) is 0 Å². The first kappa shape index (κ1) is 18.9. The van der Waals surface area contributed by atoms with E-state index >= 15 is 0 Å². The molecule has 5 nitrogen and oxygen atoms in total. The van der Waals surface area contributed by atoms with Crippen LogP contribution in [-0.4, -0.2) is 38.9 Å². The number of rotatable bonds is 3. The first-order valence-corrected chi connectivity index (χ1v) is 9.60. The number of benzene rings is 1. The largest absolute Gasteiger partial charge is 0.416 e. The molecule has 0 atom stereocenters. The zero-order valence-electron chi connectivity index (χ0n) is 13.5. The predicted molar refractivity (Wildman–Crippen MR) is 90.4 cm³/mol. The molecule has 0 saturated carbocycles. The van der Waals surface area contributed by atoms with Gasteiger partial charge in [0.05, 0.1) is 43.0 Å². The molecule has 2 aromatic rings. The third-order valence-electron chi connectivity index (χ3n) is 4.15. The molecule has 2 heterocycles. The summed E-state index contributed by atoms with van der Waals surface area (Å²) in [6.45, 7) is 1.13. The quantitative estimate of drug-likeness (QED) is 0.787. The van der Waals surface area contributed by atoms with Crippen molar-refractivity contribution in [1.29, 1.82) is 0 Å². The highest BCUT2D eigenvalue weighted by Crippen LogP contribution is 2.34. The summed E-state index contributed by atoms with van der Waals surface area (Å²) >= 11 is 5.89. The van der Waals surface area contributed by atoms with Crippen molar-refractivity contribution >= 4 is 27.4 Å². The van der Waals surface area contributed by atoms with Gasteiger partial charge < -0.3 is 0 Å². The molecule has 3 rings (SSSR count). The van der Waals surface area contributed by atoms with E-state index in [9.17, 15) is 21.6 Å². The lowest BCUT2D eigenvalue weighted by molar-refractivity contribution is -0.364. The van der Waals surface area contributed by atoms with E-state index in [4.69, 9.17) is 11.6 Å². The standard InChI is InChI=1S/C16H15ClF3N3O2S/c17-13-5-4-12(16(18,19)20)11-14(13)26(24,25)23-9-7-22(8-10-23)15-3-1-2-6-21-15/h1-6,11H,7-10H2/p+1. The van der Waals surface area contributed by atoms with Crippen LogP contribution in [0, 0.1) is 0 Å². The molecule has 1 fully saturated rings. The van der Waals surface area contributed by atoms with Gasteiger partial charge in [-0.2, -0.15) is 17.5 Å². The minimum Gasteiger partial charge on any atom is -0.259 e. The lowest BCUT2D eigenvalue weighted by Crippen LogP contribution is -2.49. The number of nitrogens with zero attached hydrogens (tertiary/aromatic N) is 2. The Bertz CT molecular complexity index is 883. The Morgan fingerprint density at radius 1 is 1.04 bits per heavy atom. The maximum atomic E-state index is 12.9.